The molecule has 0 radical (unpaired) electrons. The first-order chi connectivity index (χ1) is 6.00. The molecule has 4 N–H and O–H groups in total. The van der Waals surface area contributed by atoms with Gasteiger partial charge < -0.3 is 16.2 Å². The number of hydrogen-bond acceptors (Lipinski definition) is 2. The third-order valence-electron chi connectivity index (χ3n) is 1.76. The Morgan fingerprint density at radius 1 is 1.38 bits per heavy atom. The van der Waals surface area contributed by atoms with Crippen molar-refractivity contribution in [2.75, 3.05) is 5.32 Å². The Bertz CT molecular complexity index is 324. The summed E-state index contributed by atoms with van der Waals surface area (Å²) in [7, 11) is 0. The van der Waals surface area contributed by atoms with Gasteiger partial charge in [0, 0.05) is 5.69 Å². The number of aromatic hydroxyl groups is 1. The first-order valence-corrected chi connectivity index (χ1v) is 3.87. The van der Waals surface area contributed by atoms with E-state index in [4.69, 9.17) is 5.73 Å². The third-order valence-corrected chi connectivity index (χ3v) is 1.76. The van der Waals surface area contributed by atoms with Gasteiger partial charge in [-0.3, -0.25) is 0 Å². The molecule has 0 bridgehead atoms. The number of anilines is 1. The van der Waals surface area contributed by atoms with E-state index in [9.17, 15) is 9.90 Å². The van der Waals surface area contributed by atoms with Gasteiger partial charge >= 0.3 is 6.03 Å². The highest BCUT2D eigenvalue weighted by atomic mass is 16.3. The van der Waals surface area contributed by atoms with Crippen LogP contribution in [0.1, 0.15) is 11.1 Å². The molecule has 2 amide bonds. The lowest BCUT2D eigenvalue weighted by Crippen LogP contribution is -2.19. The Kier molecular flexibility index (Phi) is 2.41. The SMILES string of the molecule is Cc1cc(NC(N)=O)cc(C)c1O. The normalized spacial score (nSPS) is 9.69. The Morgan fingerprint density at radius 2 is 1.85 bits per heavy atom. The van der Waals surface area contributed by atoms with Crippen molar-refractivity contribution in [2.24, 2.45) is 5.73 Å². The summed E-state index contributed by atoms with van der Waals surface area (Å²) in [5, 5.41) is 11.9. The number of hydrogen-bond donors (Lipinski definition) is 3. The van der Waals surface area contributed by atoms with Gasteiger partial charge in [-0.25, -0.2) is 4.79 Å². The number of phenols is 1. The molecule has 1 aromatic rings. The van der Waals surface area contributed by atoms with Crippen molar-refractivity contribution >= 4 is 11.7 Å². The van der Waals surface area contributed by atoms with E-state index in [1.54, 1.807) is 26.0 Å². The molecule has 0 saturated carbocycles. The smallest absolute Gasteiger partial charge is 0.316 e. The van der Waals surface area contributed by atoms with Crippen LogP contribution in [-0.4, -0.2) is 11.1 Å². The fourth-order valence-corrected chi connectivity index (χ4v) is 1.17. The largest absolute Gasteiger partial charge is 0.507 e. The summed E-state index contributed by atoms with van der Waals surface area (Å²) in [6.07, 6.45) is 0. The first-order valence-electron chi connectivity index (χ1n) is 3.87. The zero-order valence-electron chi connectivity index (χ0n) is 7.59. The van der Waals surface area contributed by atoms with E-state index >= 15 is 0 Å². The summed E-state index contributed by atoms with van der Waals surface area (Å²) in [6, 6.07) is 2.71. The second-order valence-electron chi connectivity index (χ2n) is 2.95. The van der Waals surface area contributed by atoms with Gasteiger partial charge in [0.15, 0.2) is 0 Å². The second-order valence-corrected chi connectivity index (χ2v) is 2.95. The summed E-state index contributed by atoms with van der Waals surface area (Å²) < 4.78 is 0. The predicted octanol–water partition coefficient (Wildman–Crippen LogP) is 1.50. The van der Waals surface area contributed by atoms with Gasteiger partial charge in [-0.1, -0.05) is 0 Å². The number of aryl methyl sites for hydroxylation is 2. The number of carbonyl (C=O) groups excluding carboxylic acids is 1. The van der Waals surface area contributed by atoms with Crippen molar-refractivity contribution in [1.82, 2.24) is 0 Å². The van der Waals surface area contributed by atoms with Gasteiger partial charge in [-0.05, 0) is 37.1 Å². The van der Waals surface area contributed by atoms with Crippen LogP contribution in [0.15, 0.2) is 12.1 Å². The van der Waals surface area contributed by atoms with Crippen molar-refractivity contribution in [1.29, 1.82) is 0 Å². The molecule has 0 heterocycles. The van der Waals surface area contributed by atoms with Crippen LogP contribution >= 0.6 is 0 Å². The number of nitrogens with one attached hydrogen (secondary N) is 1. The van der Waals surface area contributed by atoms with Crippen LogP contribution in [0.4, 0.5) is 10.5 Å². The topological polar surface area (TPSA) is 75.3 Å². The fourth-order valence-electron chi connectivity index (χ4n) is 1.17. The van der Waals surface area contributed by atoms with Gasteiger partial charge in [0.25, 0.3) is 0 Å². The van der Waals surface area contributed by atoms with Crippen molar-refractivity contribution in [3.8, 4) is 5.75 Å². The minimum Gasteiger partial charge on any atom is -0.507 e. The molecule has 0 fully saturated rings. The molecule has 0 unspecified atom stereocenters. The number of phenolic OH excluding ortho intramolecular Hbond substituents is 1. The highest BCUT2D eigenvalue weighted by molar-refractivity contribution is 5.88. The van der Waals surface area contributed by atoms with E-state index in [1.165, 1.54) is 0 Å². The lowest BCUT2D eigenvalue weighted by atomic mass is 10.1. The predicted molar refractivity (Wildman–Crippen MR) is 50.8 cm³/mol. The molecule has 0 aliphatic heterocycles. The molecule has 1 rings (SSSR count). The molecule has 0 saturated heterocycles. The molecule has 0 aliphatic carbocycles. The Balaban J connectivity index is 3.06. The summed E-state index contributed by atoms with van der Waals surface area (Å²) >= 11 is 0. The number of amides is 2. The number of rotatable bonds is 1. The van der Waals surface area contributed by atoms with Gasteiger partial charge in [-0.15, -0.1) is 0 Å². The van der Waals surface area contributed by atoms with Crippen molar-refractivity contribution < 1.29 is 9.90 Å². The molecule has 0 aromatic heterocycles. The molecule has 4 nitrogen and oxygen atoms in total. The molecular weight excluding hydrogens is 168 g/mol. The number of nitrogens with two attached hydrogens (primary N) is 1. The molecule has 1 aromatic carbocycles. The summed E-state index contributed by atoms with van der Waals surface area (Å²) in [6.45, 7) is 3.52. The molecule has 0 atom stereocenters. The molecule has 70 valence electrons. The van der Waals surface area contributed by atoms with Crippen molar-refractivity contribution in [3.05, 3.63) is 23.3 Å². The van der Waals surface area contributed by atoms with E-state index in [1.807, 2.05) is 0 Å². The van der Waals surface area contributed by atoms with Crippen LogP contribution in [-0.2, 0) is 0 Å². The second kappa shape index (κ2) is 3.35. The van der Waals surface area contributed by atoms with Gasteiger partial charge in [0.1, 0.15) is 5.75 Å². The summed E-state index contributed by atoms with van der Waals surface area (Å²) in [5.74, 6) is 0.245. The van der Waals surface area contributed by atoms with Crippen molar-refractivity contribution in [2.45, 2.75) is 13.8 Å². The number of carbonyl (C=O) groups is 1. The lowest BCUT2D eigenvalue weighted by molar-refractivity contribution is 0.259. The maximum atomic E-state index is 10.5. The summed E-state index contributed by atoms with van der Waals surface area (Å²) in [5.41, 5.74) is 6.97. The minimum atomic E-state index is -0.607. The maximum Gasteiger partial charge on any atom is 0.316 e. The molecular formula is C9H12N2O2. The van der Waals surface area contributed by atoms with E-state index in [0.29, 0.717) is 16.8 Å². The first kappa shape index (κ1) is 9.38. The monoisotopic (exact) mass is 180 g/mol. The molecule has 13 heavy (non-hydrogen) atoms. The average molecular weight is 180 g/mol. The molecule has 4 heteroatoms. The zero-order chi connectivity index (χ0) is 10.0. The molecule has 0 aliphatic rings. The minimum absolute atomic E-state index is 0.245. The Labute approximate surface area is 76.4 Å². The molecule has 0 spiro atoms. The lowest BCUT2D eigenvalue weighted by Gasteiger charge is -2.07. The van der Waals surface area contributed by atoms with Crippen LogP contribution in [0.3, 0.4) is 0 Å². The quantitative estimate of drug-likeness (QED) is 0.573. The van der Waals surface area contributed by atoms with Gasteiger partial charge in [0.2, 0.25) is 0 Å². The highest BCUT2D eigenvalue weighted by Crippen LogP contribution is 2.25. The number of primary amides is 1. The van der Waals surface area contributed by atoms with Crippen LogP contribution in [0.2, 0.25) is 0 Å². The van der Waals surface area contributed by atoms with Crippen LogP contribution in [0.25, 0.3) is 0 Å². The highest BCUT2D eigenvalue weighted by Gasteiger charge is 2.03. The van der Waals surface area contributed by atoms with Gasteiger partial charge in [-0.2, -0.15) is 0 Å². The van der Waals surface area contributed by atoms with E-state index < -0.39 is 6.03 Å². The number of benzene rings is 1. The van der Waals surface area contributed by atoms with Crippen LogP contribution in [0, 0.1) is 13.8 Å². The average Bonchev–Trinajstić information content (AvgIpc) is 1.98. The van der Waals surface area contributed by atoms with Crippen LogP contribution in [0.5, 0.6) is 5.75 Å². The van der Waals surface area contributed by atoms with Gasteiger partial charge in [0.05, 0.1) is 0 Å². The van der Waals surface area contributed by atoms with Crippen LogP contribution < -0.4 is 11.1 Å². The van der Waals surface area contributed by atoms with E-state index in [2.05, 4.69) is 5.32 Å². The Morgan fingerprint density at radius 3 is 2.23 bits per heavy atom. The number of urea groups is 1. The zero-order valence-corrected chi connectivity index (χ0v) is 7.59. The third kappa shape index (κ3) is 2.11. The van der Waals surface area contributed by atoms with E-state index in [0.717, 1.165) is 0 Å². The van der Waals surface area contributed by atoms with E-state index in [-0.39, 0.29) is 5.75 Å². The summed E-state index contributed by atoms with van der Waals surface area (Å²) in [4.78, 5) is 10.5. The Hall–Kier alpha value is -1.71. The standard InChI is InChI=1S/C9H12N2O2/c1-5-3-7(11-9(10)13)4-6(2)8(5)12/h3-4,12H,1-2H3,(H3,10,11,13). The van der Waals surface area contributed by atoms with Crippen molar-refractivity contribution in [3.63, 3.8) is 0 Å². The maximum absolute atomic E-state index is 10.5. The fraction of sp³-hybridized carbons (Fsp3) is 0.222.